The van der Waals surface area contributed by atoms with Crippen LogP contribution in [0.25, 0.3) is 0 Å². The third kappa shape index (κ3) is 6.01. The van der Waals surface area contributed by atoms with Gasteiger partial charge in [-0.15, -0.1) is 0 Å². The van der Waals surface area contributed by atoms with E-state index in [0.29, 0.717) is 0 Å². The van der Waals surface area contributed by atoms with Crippen LogP contribution in [0.2, 0.25) is 0 Å². The second-order valence-electron chi connectivity index (χ2n) is 5.53. The normalized spacial score (nSPS) is 10.6. The lowest BCUT2D eigenvalue weighted by atomic mass is 10.1. The van der Waals surface area contributed by atoms with E-state index in [-0.39, 0.29) is 0 Å². The minimum Gasteiger partial charge on any atom is -0.494 e. The van der Waals surface area contributed by atoms with Crippen LogP contribution in [0.1, 0.15) is 29.5 Å². The van der Waals surface area contributed by atoms with Gasteiger partial charge in [-0.25, -0.2) is 0 Å². The minimum atomic E-state index is 0.787. The summed E-state index contributed by atoms with van der Waals surface area (Å²) in [6, 6.07) is 16.9. The number of nitrogens with one attached hydrogen (secondary N) is 1. The van der Waals surface area contributed by atoms with E-state index in [1.807, 2.05) is 12.1 Å². The van der Waals surface area contributed by atoms with Crippen molar-refractivity contribution in [1.29, 1.82) is 0 Å². The maximum atomic E-state index is 5.74. The van der Waals surface area contributed by atoms with E-state index in [0.717, 1.165) is 38.3 Å². The number of hydrogen-bond acceptors (Lipinski definition) is 2. The number of unbranched alkanes of at least 4 members (excludes halogenated alkanes) is 1. The van der Waals surface area contributed by atoms with Gasteiger partial charge < -0.3 is 10.1 Å². The molecule has 2 rings (SSSR count). The van der Waals surface area contributed by atoms with Crippen molar-refractivity contribution in [1.82, 2.24) is 5.32 Å². The van der Waals surface area contributed by atoms with Gasteiger partial charge in [0.15, 0.2) is 0 Å². The van der Waals surface area contributed by atoms with Gasteiger partial charge in [-0.05, 0) is 56.5 Å². The summed E-state index contributed by atoms with van der Waals surface area (Å²) in [5.74, 6) is 0.975. The fraction of sp³-hybridized carbons (Fsp3) is 0.368. The van der Waals surface area contributed by atoms with E-state index in [2.05, 4.69) is 55.6 Å². The smallest absolute Gasteiger partial charge is 0.119 e. The van der Waals surface area contributed by atoms with Crippen molar-refractivity contribution in [3.05, 3.63) is 65.2 Å². The molecule has 2 aromatic rings. The van der Waals surface area contributed by atoms with Gasteiger partial charge in [0.25, 0.3) is 0 Å². The number of ether oxygens (including phenoxy) is 1. The molecular formula is C19H25NO. The van der Waals surface area contributed by atoms with Gasteiger partial charge in [-0.3, -0.25) is 0 Å². The van der Waals surface area contributed by atoms with Crippen molar-refractivity contribution in [2.24, 2.45) is 0 Å². The summed E-state index contributed by atoms with van der Waals surface area (Å²) in [5.41, 5.74) is 3.90. The molecule has 0 saturated heterocycles. The summed E-state index contributed by atoms with van der Waals surface area (Å²) in [5, 5.41) is 3.47. The topological polar surface area (TPSA) is 21.3 Å². The first-order chi connectivity index (χ1) is 10.2. The predicted octanol–water partition coefficient (Wildman–Crippen LogP) is 4.25. The Labute approximate surface area is 128 Å². The number of benzene rings is 2. The Kier molecular flexibility index (Phi) is 6.29. The molecule has 0 atom stereocenters. The average Bonchev–Trinajstić information content (AvgIpc) is 2.48. The highest BCUT2D eigenvalue weighted by Gasteiger charge is 1.95. The lowest BCUT2D eigenvalue weighted by Crippen LogP contribution is -2.15. The van der Waals surface area contributed by atoms with Gasteiger partial charge in [-0.2, -0.15) is 0 Å². The molecule has 0 spiro atoms. The van der Waals surface area contributed by atoms with Crippen LogP contribution in [0.4, 0.5) is 0 Å². The molecule has 0 aromatic heterocycles. The quantitative estimate of drug-likeness (QED) is 0.731. The fourth-order valence-electron chi connectivity index (χ4n) is 2.19. The molecule has 0 fully saturated rings. The molecule has 2 nitrogen and oxygen atoms in total. The molecule has 0 aliphatic rings. The highest BCUT2D eigenvalue weighted by Crippen LogP contribution is 2.12. The Morgan fingerprint density at radius 1 is 0.905 bits per heavy atom. The second kappa shape index (κ2) is 8.48. The summed E-state index contributed by atoms with van der Waals surface area (Å²) < 4.78 is 5.74. The average molecular weight is 283 g/mol. The van der Waals surface area contributed by atoms with E-state index >= 15 is 0 Å². The number of aryl methyl sites for hydroxylation is 2. The molecule has 0 aliphatic carbocycles. The number of hydrogen-bond donors (Lipinski definition) is 1. The Hall–Kier alpha value is -1.80. The zero-order valence-corrected chi connectivity index (χ0v) is 13.1. The molecule has 1 N–H and O–H groups in total. The first-order valence-electron chi connectivity index (χ1n) is 7.70. The van der Waals surface area contributed by atoms with Crippen LogP contribution in [0.3, 0.4) is 0 Å². The monoisotopic (exact) mass is 283 g/mol. The zero-order chi connectivity index (χ0) is 14.9. The van der Waals surface area contributed by atoms with Crippen molar-refractivity contribution in [3.8, 4) is 5.75 Å². The third-order valence-corrected chi connectivity index (χ3v) is 3.46. The SMILES string of the molecule is Cc1ccc(CNCCCCOc2cccc(C)c2)cc1. The Bertz CT molecular complexity index is 534. The fourth-order valence-corrected chi connectivity index (χ4v) is 2.19. The standard InChI is InChI=1S/C19H25NO/c1-16-8-10-18(11-9-16)15-20-12-3-4-13-21-19-7-5-6-17(2)14-19/h5-11,14,20H,3-4,12-13,15H2,1-2H3. The molecule has 2 aromatic carbocycles. The van der Waals surface area contributed by atoms with Crippen LogP contribution in [-0.4, -0.2) is 13.2 Å². The number of rotatable bonds is 8. The van der Waals surface area contributed by atoms with Crippen molar-refractivity contribution in [3.63, 3.8) is 0 Å². The molecule has 0 radical (unpaired) electrons. The summed E-state index contributed by atoms with van der Waals surface area (Å²) in [6.45, 7) is 6.97. The molecule has 0 unspecified atom stereocenters. The van der Waals surface area contributed by atoms with Gasteiger partial charge in [-0.1, -0.05) is 42.0 Å². The van der Waals surface area contributed by atoms with E-state index in [1.165, 1.54) is 16.7 Å². The van der Waals surface area contributed by atoms with Crippen LogP contribution in [0, 0.1) is 13.8 Å². The van der Waals surface area contributed by atoms with Gasteiger partial charge >= 0.3 is 0 Å². The summed E-state index contributed by atoms with van der Waals surface area (Å²) in [7, 11) is 0. The lowest BCUT2D eigenvalue weighted by Gasteiger charge is -2.08. The van der Waals surface area contributed by atoms with Gasteiger partial charge in [0.1, 0.15) is 5.75 Å². The maximum Gasteiger partial charge on any atom is 0.119 e. The van der Waals surface area contributed by atoms with Gasteiger partial charge in [0.2, 0.25) is 0 Å². The van der Waals surface area contributed by atoms with E-state index in [1.54, 1.807) is 0 Å². The van der Waals surface area contributed by atoms with Crippen LogP contribution in [0.5, 0.6) is 5.75 Å². The van der Waals surface area contributed by atoms with Crippen molar-refractivity contribution in [2.75, 3.05) is 13.2 Å². The van der Waals surface area contributed by atoms with Crippen LogP contribution >= 0.6 is 0 Å². The van der Waals surface area contributed by atoms with Crippen molar-refractivity contribution < 1.29 is 4.74 Å². The molecular weight excluding hydrogens is 258 g/mol. The minimum absolute atomic E-state index is 0.787. The Morgan fingerprint density at radius 3 is 2.48 bits per heavy atom. The molecule has 0 amide bonds. The highest BCUT2D eigenvalue weighted by molar-refractivity contribution is 5.27. The van der Waals surface area contributed by atoms with Gasteiger partial charge in [0.05, 0.1) is 6.61 Å². The molecule has 112 valence electrons. The maximum absolute atomic E-state index is 5.74. The molecule has 0 saturated carbocycles. The summed E-state index contributed by atoms with van der Waals surface area (Å²) >= 11 is 0. The summed E-state index contributed by atoms with van der Waals surface area (Å²) in [4.78, 5) is 0. The second-order valence-corrected chi connectivity index (χ2v) is 5.53. The first-order valence-corrected chi connectivity index (χ1v) is 7.70. The van der Waals surface area contributed by atoms with E-state index in [4.69, 9.17) is 4.74 Å². The van der Waals surface area contributed by atoms with E-state index < -0.39 is 0 Å². The van der Waals surface area contributed by atoms with Crippen LogP contribution < -0.4 is 10.1 Å². The zero-order valence-electron chi connectivity index (χ0n) is 13.1. The predicted molar refractivity (Wildman–Crippen MR) is 88.8 cm³/mol. The van der Waals surface area contributed by atoms with Crippen LogP contribution in [-0.2, 0) is 6.54 Å². The van der Waals surface area contributed by atoms with Crippen molar-refractivity contribution >= 4 is 0 Å². The molecule has 21 heavy (non-hydrogen) atoms. The van der Waals surface area contributed by atoms with E-state index in [9.17, 15) is 0 Å². The lowest BCUT2D eigenvalue weighted by molar-refractivity contribution is 0.305. The largest absolute Gasteiger partial charge is 0.494 e. The summed E-state index contributed by atoms with van der Waals surface area (Å²) in [6.07, 6.45) is 2.21. The third-order valence-electron chi connectivity index (χ3n) is 3.46. The van der Waals surface area contributed by atoms with Crippen molar-refractivity contribution in [2.45, 2.75) is 33.2 Å². The highest BCUT2D eigenvalue weighted by atomic mass is 16.5. The molecule has 0 bridgehead atoms. The van der Waals surface area contributed by atoms with Gasteiger partial charge in [0, 0.05) is 6.54 Å². The Morgan fingerprint density at radius 2 is 1.71 bits per heavy atom. The molecule has 2 heteroatoms. The molecule has 0 aliphatic heterocycles. The Balaban J connectivity index is 1.53. The first kappa shape index (κ1) is 15.6. The molecule has 0 heterocycles. The van der Waals surface area contributed by atoms with Crippen LogP contribution in [0.15, 0.2) is 48.5 Å².